The summed E-state index contributed by atoms with van der Waals surface area (Å²) in [6, 6.07) is 13.8. The summed E-state index contributed by atoms with van der Waals surface area (Å²) in [5, 5.41) is 10.3. The first-order valence-corrected chi connectivity index (χ1v) is 7.09. The standard InChI is InChI=1S/C18H22O3/c1-13-12-15(7-11-18(13)21-3)17(19)10-6-14-4-8-16(20-2)9-5-14/h4-5,7-9,11-12,17,19H,6,10H2,1-3H3. The normalized spacial score (nSPS) is 12.0. The number of methoxy groups -OCH3 is 2. The van der Waals surface area contributed by atoms with Crippen LogP contribution in [0.3, 0.4) is 0 Å². The van der Waals surface area contributed by atoms with Gasteiger partial charge in [0, 0.05) is 0 Å². The Bertz CT molecular complexity index is 576. The Morgan fingerprint density at radius 2 is 1.71 bits per heavy atom. The predicted octanol–water partition coefficient (Wildman–Crippen LogP) is 3.68. The van der Waals surface area contributed by atoms with Gasteiger partial charge in [0.05, 0.1) is 20.3 Å². The maximum Gasteiger partial charge on any atom is 0.121 e. The minimum Gasteiger partial charge on any atom is -0.497 e. The summed E-state index contributed by atoms with van der Waals surface area (Å²) >= 11 is 0. The van der Waals surface area contributed by atoms with Crippen LogP contribution < -0.4 is 9.47 Å². The first-order valence-electron chi connectivity index (χ1n) is 7.09. The number of aliphatic hydroxyl groups excluding tert-OH is 1. The summed E-state index contributed by atoms with van der Waals surface area (Å²) < 4.78 is 10.4. The van der Waals surface area contributed by atoms with Crippen LogP contribution in [0.4, 0.5) is 0 Å². The van der Waals surface area contributed by atoms with Crippen molar-refractivity contribution < 1.29 is 14.6 Å². The van der Waals surface area contributed by atoms with E-state index in [9.17, 15) is 5.11 Å². The SMILES string of the molecule is COc1ccc(CCC(O)c2ccc(OC)c(C)c2)cc1. The fourth-order valence-corrected chi connectivity index (χ4v) is 2.37. The lowest BCUT2D eigenvalue weighted by atomic mass is 9.99. The van der Waals surface area contributed by atoms with Gasteiger partial charge >= 0.3 is 0 Å². The number of hydrogen-bond donors (Lipinski definition) is 1. The van der Waals surface area contributed by atoms with Crippen LogP contribution in [0.5, 0.6) is 11.5 Å². The van der Waals surface area contributed by atoms with E-state index >= 15 is 0 Å². The Kier molecular flexibility index (Phi) is 5.23. The molecule has 1 N–H and O–H groups in total. The summed E-state index contributed by atoms with van der Waals surface area (Å²) in [5.41, 5.74) is 3.17. The first-order chi connectivity index (χ1) is 10.1. The Hall–Kier alpha value is -2.00. The second kappa shape index (κ2) is 7.14. The van der Waals surface area contributed by atoms with Gasteiger partial charge in [-0.25, -0.2) is 0 Å². The summed E-state index contributed by atoms with van der Waals surface area (Å²) in [6.45, 7) is 1.98. The molecule has 0 radical (unpaired) electrons. The van der Waals surface area contributed by atoms with Crippen molar-refractivity contribution in [2.45, 2.75) is 25.9 Å². The molecule has 2 rings (SSSR count). The minimum atomic E-state index is -0.461. The average Bonchev–Trinajstić information content (AvgIpc) is 2.53. The van der Waals surface area contributed by atoms with E-state index in [-0.39, 0.29) is 0 Å². The van der Waals surface area contributed by atoms with E-state index in [1.165, 1.54) is 5.56 Å². The van der Waals surface area contributed by atoms with Gasteiger partial charge < -0.3 is 14.6 Å². The topological polar surface area (TPSA) is 38.7 Å². The van der Waals surface area contributed by atoms with E-state index in [0.717, 1.165) is 29.0 Å². The van der Waals surface area contributed by atoms with Gasteiger partial charge in [0.15, 0.2) is 0 Å². The summed E-state index contributed by atoms with van der Waals surface area (Å²) in [6.07, 6.45) is 1.06. The van der Waals surface area contributed by atoms with E-state index in [1.807, 2.05) is 49.4 Å². The fraction of sp³-hybridized carbons (Fsp3) is 0.333. The maximum atomic E-state index is 10.3. The van der Waals surface area contributed by atoms with Crippen molar-refractivity contribution >= 4 is 0 Å². The first kappa shape index (κ1) is 15.4. The lowest BCUT2D eigenvalue weighted by molar-refractivity contribution is 0.167. The number of benzene rings is 2. The van der Waals surface area contributed by atoms with E-state index in [0.29, 0.717) is 6.42 Å². The molecule has 0 saturated carbocycles. The predicted molar refractivity (Wildman–Crippen MR) is 84.0 cm³/mol. The average molecular weight is 286 g/mol. The monoisotopic (exact) mass is 286 g/mol. The number of aliphatic hydroxyl groups is 1. The third kappa shape index (κ3) is 3.99. The van der Waals surface area contributed by atoms with Gasteiger partial charge in [0.1, 0.15) is 11.5 Å². The molecule has 1 atom stereocenters. The quantitative estimate of drug-likeness (QED) is 0.880. The number of aryl methyl sites for hydroxylation is 2. The largest absolute Gasteiger partial charge is 0.497 e. The Morgan fingerprint density at radius 3 is 2.29 bits per heavy atom. The van der Waals surface area contributed by atoms with Crippen LogP contribution in [0.1, 0.15) is 29.2 Å². The second-order valence-corrected chi connectivity index (χ2v) is 5.13. The van der Waals surface area contributed by atoms with E-state index in [4.69, 9.17) is 9.47 Å². The van der Waals surface area contributed by atoms with Crippen molar-refractivity contribution in [3.8, 4) is 11.5 Å². The Labute approximate surface area is 126 Å². The molecule has 21 heavy (non-hydrogen) atoms. The highest BCUT2D eigenvalue weighted by Gasteiger charge is 2.10. The molecule has 0 aliphatic rings. The van der Waals surface area contributed by atoms with Crippen LogP contribution in [-0.2, 0) is 6.42 Å². The summed E-state index contributed by atoms with van der Waals surface area (Å²) in [5.74, 6) is 1.70. The van der Waals surface area contributed by atoms with Gasteiger partial charge in [-0.05, 0) is 60.7 Å². The third-order valence-corrected chi connectivity index (χ3v) is 3.67. The lowest BCUT2D eigenvalue weighted by Gasteiger charge is -2.13. The molecule has 0 aromatic heterocycles. The molecule has 0 saturated heterocycles. The lowest BCUT2D eigenvalue weighted by Crippen LogP contribution is -2.01. The van der Waals surface area contributed by atoms with Gasteiger partial charge in [-0.3, -0.25) is 0 Å². The molecule has 1 unspecified atom stereocenters. The van der Waals surface area contributed by atoms with Crippen LogP contribution in [-0.4, -0.2) is 19.3 Å². The minimum absolute atomic E-state index is 0.461. The van der Waals surface area contributed by atoms with Gasteiger partial charge in [0.25, 0.3) is 0 Å². The molecule has 0 bridgehead atoms. The van der Waals surface area contributed by atoms with Crippen molar-refractivity contribution in [3.05, 3.63) is 59.2 Å². The Morgan fingerprint density at radius 1 is 1.00 bits per heavy atom. The molecular weight excluding hydrogens is 264 g/mol. The molecule has 0 fully saturated rings. The van der Waals surface area contributed by atoms with Crippen molar-refractivity contribution in [2.24, 2.45) is 0 Å². The zero-order valence-electron chi connectivity index (χ0n) is 12.8. The Balaban J connectivity index is 1.97. The van der Waals surface area contributed by atoms with Crippen molar-refractivity contribution in [1.82, 2.24) is 0 Å². The van der Waals surface area contributed by atoms with Gasteiger partial charge in [-0.1, -0.05) is 18.2 Å². The molecule has 2 aromatic carbocycles. The third-order valence-electron chi connectivity index (χ3n) is 3.67. The highest BCUT2D eigenvalue weighted by atomic mass is 16.5. The zero-order chi connectivity index (χ0) is 15.2. The highest BCUT2D eigenvalue weighted by molar-refractivity contribution is 5.37. The van der Waals surface area contributed by atoms with Gasteiger partial charge in [-0.15, -0.1) is 0 Å². The molecule has 2 aromatic rings. The molecule has 112 valence electrons. The van der Waals surface area contributed by atoms with Crippen LogP contribution in [0.15, 0.2) is 42.5 Å². The number of ether oxygens (including phenoxy) is 2. The number of hydrogen-bond acceptors (Lipinski definition) is 3. The molecular formula is C18H22O3. The molecule has 0 heterocycles. The zero-order valence-corrected chi connectivity index (χ0v) is 12.8. The van der Waals surface area contributed by atoms with Crippen molar-refractivity contribution in [2.75, 3.05) is 14.2 Å². The smallest absolute Gasteiger partial charge is 0.121 e. The van der Waals surface area contributed by atoms with Crippen molar-refractivity contribution in [3.63, 3.8) is 0 Å². The van der Waals surface area contributed by atoms with Crippen molar-refractivity contribution in [1.29, 1.82) is 0 Å². The van der Waals surface area contributed by atoms with Crippen LogP contribution in [0.2, 0.25) is 0 Å². The summed E-state index contributed by atoms with van der Waals surface area (Å²) in [7, 11) is 3.31. The van der Waals surface area contributed by atoms with E-state index in [1.54, 1.807) is 14.2 Å². The molecule has 0 amide bonds. The molecule has 3 nitrogen and oxygen atoms in total. The second-order valence-electron chi connectivity index (χ2n) is 5.13. The molecule has 0 spiro atoms. The molecule has 0 aliphatic heterocycles. The maximum absolute atomic E-state index is 10.3. The fourth-order valence-electron chi connectivity index (χ4n) is 2.37. The van der Waals surface area contributed by atoms with E-state index < -0.39 is 6.10 Å². The van der Waals surface area contributed by atoms with Crippen LogP contribution in [0.25, 0.3) is 0 Å². The van der Waals surface area contributed by atoms with Crippen LogP contribution >= 0.6 is 0 Å². The summed E-state index contributed by atoms with van der Waals surface area (Å²) in [4.78, 5) is 0. The highest BCUT2D eigenvalue weighted by Crippen LogP contribution is 2.25. The number of rotatable bonds is 6. The molecule has 0 aliphatic carbocycles. The van der Waals surface area contributed by atoms with Gasteiger partial charge in [0.2, 0.25) is 0 Å². The van der Waals surface area contributed by atoms with Gasteiger partial charge in [-0.2, -0.15) is 0 Å². The molecule has 3 heteroatoms. The van der Waals surface area contributed by atoms with Crippen LogP contribution in [0, 0.1) is 6.92 Å². The van der Waals surface area contributed by atoms with E-state index in [2.05, 4.69) is 0 Å².